The van der Waals surface area contributed by atoms with Crippen molar-refractivity contribution in [1.82, 2.24) is 20.4 Å². The first-order valence-electron chi connectivity index (χ1n) is 9.67. The van der Waals surface area contributed by atoms with Gasteiger partial charge < -0.3 is 14.7 Å². The van der Waals surface area contributed by atoms with Crippen molar-refractivity contribution in [3.8, 4) is 11.5 Å². The van der Waals surface area contributed by atoms with Crippen molar-refractivity contribution in [3.05, 3.63) is 46.4 Å². The zero-order chi connectivity index (χ0) is 20.2. The summed E-state index contributed by atoms with van der Waals surface area (Å²) in [6, 6.07) is 4.91. The number of carbonyl (C=O) groups excluding carboxylic acids is 1. The molecule has 1 N–H and O–H groups in total. The number of aryl methyl sites for hydroxylation is 1. The van der Waals surface area contributed by atoms with E-state index in [1.54, 1.807) is 18.3 Å². The van der Waals surface area contributed by atoms with Crippen LogP contribution in [0.4, 0.5) is 10.1 Å². The predicted molar refractivity (Wildman–Crippen MR) is 108 cm³/mol. The van der Waals surface area contributed by atoms with Crippen LogP contribution in [-0.4, -0.2) is 34.1 Å². The Hall–Kier alpha value is -2.81. The van der Waals surface area contributed by atoms with Gasteiger partial charge in [0.05, 0.1) is 18.2 Å². The maximum absolute atomic E-state index is 14.8. The highest BCUT2D eigenvalue weighted by Gasteiger charge is 2.27. The van der Waals surface area contributed by atoms with Gasteiger partial charge in [0.1, 0.15) is 10.8 Å². The lowest BCUT2D eigenvalue weighted by atomic mass is 9.96. The molecule has 0 radical (unpaired) electrons. The van der Waals surface area contributed by atoms with Crippen LogP contribution in [0.15, 0.2) is 34.3 Å². The number of thiazole rings is 1. The van der Waals surface area contributed by atoms with Crippen molar-refractivity contribution in [1.29, 1.82) is 0 Å². The average molecular weight is 415 g/mol. The molecule has 1 aliphatic rings. The Kier molecular flexibility index (Phi) is 5.84. The maximum atomic E-state index is 14.8. The normalized spacial score (nSPS) is 16.8. The predicted octanol–water partition coefficient (Wildman–Crippen LogP) is 3.43. The highest BCUT2D eigenvalue weighted by Crippen LogP contribution is 2.29. The zero-order valence-corrected chi connectivity index (χ0v) is 16.9. The zero-order valence-electron chi connectivity index (χ0n) is 16.1. The molecule has 0 bridgehead atoms. The molecule has 1 aliphatic heterocycles. The molecule has 1 saturated heterocycles. The molecule has 4 rings (SSSR count). The number of hydrogen-bond donors (Lipinski definition) is 1. The van der Waals surface area contributed by atoms with Crippen LogP contribution in [0.1, 0.15) is 30.6 Å². The van der Waals surface area contributed by atoms with Gasteiger partial charge in [0.25, 0.3) is 5.89 Å². The lowest BCUT2D eigenvalue weighted by Gasteiger charge is -2.34. The van der Waals surface area contributed by atoms with Crippen LogP contribution in [0.3, 0.4) is 0 Å². The van der Waals surface area contributed by atoms with E-state index in [1.165, 1.54) is 17.4 Å². The Morgan fingerprint density at radius 1 is 1.45 bits per heavy atom. The monoisotopic (exact) mass is 415 g/mol. The van der Waals surface area contributed by atoms with E-state index in [1.807, 2.05) is 17.2 Å². The van der Waals surface area contributed by atoms with Crippen LogP contribution in [0.25, 0.3) is 11.5 Å². The second-order valence-corrected chi connectivity index (χ2v) is 7.94. The minimum atomic E-state index is -0.359. The molecule has 7 nitrogen and oxygen atoms in total. The molecule has 9 heteroatoms. The molecular weight excluding hydrogens is 393 g/mol. The highest BCUT2D eigenvalue weighted by atomic mass is 32.1. The lowest BCUT2D eigenvalue weighted by Crippen LogP contribution is -2.43. The molecule has 1 atom stereocenters. The minimum absolute atomic E-state index is 0.0140. The van der Waals surface area contributed by atoms with Crippen molar-refractivity contribution in [2.75, 3.05) is 18.0 Å². The molecule has 0 saturated carbocycles. The van der Waals surface area contributed by atoms with Crippen LogP contribution in [-0.2, 0) is 17.8 Å². The highest BCUT2D eigenvalue weighted by molar-refractivity contribution is 7.09. The summed E-state index contributed by atoms with van der Waals surface area (Å²) in [5.41, 5.74) is 1.04. The molecule has 1 unspecified atom stereocenters. The van der Waals surface area contributed by atoms with E-state index in [-0.39, 0.29) is 17.6 Å². The van der Waals surface area contributed by atoms with Gasteiger partial charge in [-0.05, 0) is 31.0 Å². The van der Waals surface area contributed by atoms with Crippen molar-refractivity contribution in [2.45, 2.75) is 32.7 Å². The van der Waals surface area contributed by atoms with Gasteiger partial charge in [-0.1, -0.05) is 12.1 Å². The Morgan fingerprint density at radius 3 is 3.07 bits per heavy atom. The van der Waals surface area contributed by atoms with E-state index in [0.717, 1.165) is 17.8 Å². The number of hydrogen-bond acceptors (Lipinski definition) is 7. The molecule has 152 valence electrons. The van der Waals surface area contributed by atoms with Crippen molar-refractivity contribution < 1.29 is 13.7 Å². The van der Waals surface area contributed by atoms with Gasteiger partial charge in [-0.3, -0.25) is 4.79 Å². The number of anilines is 1. The SMILES string of the molecule is CCc1noc(-c2ccc(N3CCCC(C(=O)NCc4nccs4)C3)c(F)c2)n1. The minimum Gasteiger partial charge on any atom is -0.368 e. The van der Waals surface area contributed by atoms with E-state index in [2.05, 4.69) is 20.4 Å². The van der Waals surface area contributed by atoms with Gasteiger partial charge in [0, 0.05) is 36.7 Å². The maximum Gasteiger partial charge on any atom is 0.258 e. The summed E-state index contributed by atoms with van der Waals surface area (Å²) in [5.74, 6) is 0.353. The third kappa shape index (κ3) is 4.45. The fourth-order valence-corrected chi connectivity index (χ4v) is 4.02. The third-order valence-electron chi connectivity index (χ3n) is 5.01. The summed E-state index contributed by atoms with van der Waals surface area (Å²) in [6.45, 7) is 3.56. The molecule has 1 fully saturated rings. The second-order valence-electron chi connectivity index (χ2n) is 6.96. The van der Waals surface area contributed by atoms with Gasteiger partial charge in [0.15, 0.2) is 5.82 Å². The first-order chi connectivity index (χ1) is 14.1. The molecule has 2 aromatic heterocycles. The summed E-state index contributed by atoms with van der Waals surface area (Å²) >= 11 is 1.51. The number of aromatic nitrogens is 3. The molecule has 3 aromatic rings. The molecule has 29 heavy (non-hydrogen) atoms. The first kappa shape index (κ1) is 19.5. The van der Waals surface area contributed by atoms with Crippen molar-refractivity contribution in [2.24, 2.45) is 5.92 Å². The number of piperidine rings is 1. The quantitative estimate of drug-likeness (QED) is 0.664. The number of nitrogens with one attached hydrogen (secondary N) is 1. The van der Waals surface area contributed by atoms with Gasteiger partial charge in [-0.15, -0.1) is 11.3 Å². The summed E-state index contributed by atoms with van der Waals surface area (Å²) in [6.07, 6.45) is 4.00. The van der Waals surface area contributed by atoms with Gasteiger partial charge >= 0.3 is 0 Å². The van der Waals surface area contributed by atoms with Crippen molar-refractivity contribution in [3.63, 3.8) is 0 Å². The van der Waals surface area contributed by atoms with Crippen LogP contribution in [0.5, 0.6) is 0 Å². The number of carbonyl (C=O) groups is 1. The fourth-order valence-electron chi connectivity index (χ4n) is 3.47. The summed E-state index contributed by atoms with van der Waals surface area (Å²) in [4.78, 5) is 22.9. The largest absolute Gasteiger partial charge is 0.368 e. The Morgan fingerprint density at radius 2 is 2.34 bits per heavy atom. The summed E-state index contributed by atoms with van der Waals surface area (Å²) in [5, 5.41) is 9.55. The van der Waals surface area contributed by atoms with Crippen LogP contribution in [0.2, 0.25) is 0 Å². The summed E-state index contributed by atoms with van der Waals surface area (Å²) < 4.78 is 20.0. The topological polar surface area (TPSA) is 84.2 Å². The van der Waals surface area contributed by atoms with E-state index < -0.39 is 0 Å². The van der Waals surface area contributed by atoms with E-state index in [4.69, 9.17) is 4.52 Å². The van der Waals surface area contributed by atoms with E-state index >= 15 is 0 Å². The van der Waals surface area contributed by atoms with E-state index in [0.29, 0.717) is 49.0 Å². The molecule has 0 aliphatic carbocycles. The van der Waals surface area contributed by atoms with Crippen LogP contribution >= 0.6 is 11.3 Å². The van der Waals surface area contributed by atoms with Gasteiger partial charge in [-0.2, -0.15) is 4.98 Å². The molecule has 1 amide bonds. The molecule has 1 aromatic carbocycles. The molecular formula is C20H22FN5O2S. The average Bonchev–Trinajstić information content (AvgIpc) is 3.44. The lowest BCUT2D eigenvalue weighted by molar-refractivity contribution is -0.125. The Bertz CT molecular complexity index is 975. The number of halogens is 1. The smallest absolute Gasteiger partial charge is 0.258 e. The second kappa shape index (κ2) is 8.69. The Balaban J connectivity index is 1.42. The molecule has 0 spiro atoms. The van der Waals surface area contributed by atoms with Gasteiger partial charge in [0.2, 0.25) is 5.91 Å². The first-order valence-corrected chi connectivity index (χ1v) is 10.6. The summed E-state index contributed by atoms with van der Waals surface area (Å²) in [7, 11) is 0. The fraction of sp³-hybridized carbons (Fsp3) is 0.400. The number of amides is 1. The number of benzene rings is 1. The third-order valence-corrected chi connectivity index (χ3v) is 5.79. The Labute approximate surface area is 172 Å². The van der Waals surface area contributed by atoms with E-state index in [9.17, 15) is 9.18 Å². The van der Waals surface area contributed by atoms with Crippen LogP contribution < -0.4 is 10.2 Å². The van der Waals surface area contributed by atoms with Crippen molar-refractivity contribution >= 4 is 22.9 Å². The molecule has 3 heterocycles. The van der Waals surface area contributed by atoms with Gasteiger partial charge in [-0.25, -0.2) is 9.37 Å². The number of nitrogens with zero attached hydrogens (tertiary/aromatic N) is 4. The van der Waals surface area contributed by atoms with Crippen LogP contribution in [0, 0.1) is 11.7 Å². The standard InChI is InChI=1S/C20H22FN5O2S/c1-2-17-24-20(28-25-17)13-5-6-16(15(21)10-13)26-8-3-4-14(12-26)19(27)23-11-18-22-7-9-29-18/h5-7,9-10,14H,2-4,8,11-12H2,1H3,(H,23,27). The number of rotatable bonds is 6.